The zero-order valence-electron chi connectivity index (χ0n) is 15.3. The molecule has 4 heteroatoms. The lowest BCUT2D eigenvalue weighted by atomic mass is 10.1. The van der Waals surface area contributed by atoms with E-state index in [0.717, 1.165) is 12.1 Å². The summed E-state index contributed by atoms with van der Waals surface area (Å²) in [5.74, 6) is 0. The molecule has 2 aromatic rings. The summed E-state index contributed by atoms with van der Waals surface area (Å²) in [6.45, 7) is 9.77. The van der Waals surface area contributed by atoms with Crippen molar-refractivity contribution in [3.63, 3.8) is 0 Å². The van der Waals surface area contributed by atoms with Crippen LogP contribution in [-0.2, 0) is 0 Å². The molecule has 0 aromatic heterocycles. The maximum atomic E-state index is 9.25. The summed E-state index contributed by atoms with van der Waals surface area (Å²) in [6.07, 6.45) is 0. The Bertz CT molecular complexity index is 587. The van der Waals surface area contributed by atoms with Gasteiger partial charge >= 0.3 is 0 Å². The zero-order valence-corrected chi connectivity index (χ0v) is 17.3. The Balaban J connectivity index is 2.21. The summed E-state index contributed by atoms with van der Waals surface area (Å²) in [6, 6.07) is 19.5. The molecular formula is C20H30O2Si2. The second kappa shape index (κ2) is 7.78. The SMILES string of the molecule is C[Si](C)(CCO)c1ccc(-c2ccc([Si](C)(C)CCO)cc2)cc1. The van der Waals surface area contributed by atoms with E-state index < -0.39 is 16.1 Å². The molecule has 0 aliphatic heterocycles. The fourth-order valence-electron chi connectivity index (χ4n) is 3.08. The van der Waals surface area contributed by atoms with Crippen molar-refractivity contribution >= 4 is 26.5 Å². The molecule has 0 unspecified atom stereocenters. The van der Waals surface area contributed by atoms with Crippen molar-refractivity contribution in [2.75, 3.05) is 13.2 Å². The fourth-order valence-corrected chi connectivity index (χ4v) is 6.91. The average molecular weight is 359 g/mol. The average Bonchev–Trinajstić information content (AvgIpc) is 2.55. The molecule has 0 radical (unpaired) electrons. The highest BCUT2D eigenvalue weighted by atomic mass is 28.3. The molecule has 0 atom stereocenters. The Kier molecular flexibility index (Phi) is 6.20. The predicted molar refractivity (Wildman–Crippen MR) is 110 cm³/mol. The topological polar surface area (TPSA) is 40.5 Å². The van der Waals surface area contributed by atoms with Crippen molar-refractivity contribution in [1.82, 2.24) is 0 Å². The standard InChI is InChI=1S/C20H30O2Si2/c1-23(2,15-13-21)19-9-5-17(6-10-19)18-7-11-20(12-8-18)24(3,4)16-14-22/h5-12,21-22H,13-16H2,1-4H3. The summed E-state index contributed by atoms with van der Waals surface area (Å²) in [7, 11) is -3.03. The van der Waals surface area contributed by atoms with Crippen LogP contribution in [0.1, 0.15) is 0 Å². The van der Waals surface area contributed by atoms with E-state index in [9.17, 15) is 10.2 Å². The van der Waals surface area contributed by atoms with E-state index in [4.69, 9.17) is 0 Å². The van der Waals surface area contributed by atoms with Crippen molar-refractivity contribution in [2.24, 2.45) is 0 Å². The Morgan fingerprint density at radius 2 is 0.875 bits per heavy atom. The maximum Gasteiger partial charge on any atom is 0.0828 e. The van der Waals surface area contributed by atoms with Crippen LogP contribution < -0.4 is 10.4 Å². The number of hydrogen-bond donors (Lipinski definition) is 2. The van der Waals surface area contributed by atoms with E-state index in [1.165, 1.54) is 21.5 Å². The molecule has 24 heavy (non-hydrogen) atoms. The normalized spacial score (nSPS) is 12.4. The van der Waals surface area contributed by atoms with Crippen molar-refractivity contribution in [3.8, 4) is 11.1 Å². The first-order valence-electron chi connectivity index (χ1n) is 8.73. The van der Waals surface area contributed by atoms with Gasteiger partial charge in [-0.1, -0.05) is 85.1 Å². The van der Waals surface area contributed by atoms with Gasteiger partial charge in [0.05, 0.1) is 16.1 Å². The highest BCUT2D eigenvalue weighted by Gasteiger charge is 2.23. The Morgan fingerprint density at radius 3 is 1.12 bits per heavy atom. The summed E-state index contributed by atoms with van der Waals surface area (Å²) in [4.78, 5) is 0. The van der Waals surface area contributed by atoms with Crippen LogP contribution in [0.5, 0.6) is 0 Å². The van der Waals surface area contributed by atoms with Crippen LogP contribution in [-0.4, -0.2) is 39.6 Å². The summed E-state index contributed by atoms with van der Waals surface area (Å²) >= 11 is 0. The third-order valence-corrected chi connectivity index (χ3v) is 11.9. The number of aliphatic hydroxyl groups is 2. The Labute approximate surface area is 148 Å². The smallest absolute Gasteiger partial charge is 0.0828 e. The van der Waals surface area contributed by atoms with E-state index in [2.05, 4.69) is 74.7 Å². The molecule has 0 fully saturated rings. The number of benzene rings is 2. The van der Waals surface area contributed by atoms with Gasteiger partial charge in [-0.2, -0.15) is 0 Å². The van der Waals surface area contributed by atoms with Crippen LogP contribution >= 0.6 is 0 Å². The Hall–Kier alpha value is -1.21. The van der Waals surface area contributed by atoms with Crippen LogP contribution in [0.3, 0.4) is 0 Å². The molecule has 0 saturated carbocycles. The molecule has 0 aliphatic rings. The van der Waals surface area contributed by atoms with Gasteiger partial charge in [0.25, 0.3) is 0 Å². The first kappa shape index (κ1) is 19.1. The largest absolute Gasteiger partial charge is 0.397 e. The van der Waals surface area contributed by atoms with Crippen molar-refractivity contribution < 1.29 is 10.2 Å². The van der Waals surface area contributed by atoms with E-state index in [0.29, 0.717) is 0 Å². The molecule has 2 rings (SSSR count). The minimum absolute atomic E-state index is 0.274. The fraction of sp³-hybridized carbons (Fsp3) is 0.400. The lowest BCUT2D eigenvalue weighted by molar-refractivity contribution is 0.316. The summed E-state index contributed by atoms with van der Waals surface area (Å²) < 4.78 is 0. The molecule has 0 amide bonds. The van der Waals surface area contributed by atoms with E-state index in [1.807, 2.05) is 0 Å². The second-order valence-corrected chi connectivity index (χ2v) is 17.6. The lowest BCUT2D eigenvalue weighted by Gasteiger charge is -2.23. The van der Waals surface area contributed by atoms with Crippen LogP contribution in [0.4, 0.5) is 0 Å². The minimum Gasteiger partial charge on any atom is -0.397 e. The van der Waals surface area contributed by atoms with Gasteiger partial charge in [0.2, 0.25) is 0 Å². The maximum absolute atomic E-state index is 9.25. The lowest BCUT2D eigenvalue weighted by Crippen LogP contribution is -2.42. The molecule has 0 saturated heterocycles. The van der Waals surface area contributed by atoms with Gasteiger partial charge in [-0.3, -0.25) is 0 Å². The third-order valence-electron chi connectivity index (χ3n) is 5.14. The monoisotopic (exact) mass is 358 g/mol. The molecule has 2 aromatic carbocycles. The van der Waals surface area contributed by atoms with Crippen molar-refractivity contribution in [3.05, 3.63) is 48.5 Å². The second-order valence-electron chi connectivity index (χ2n) is 7.87. The molecule has 0 bridgehead atoms. The molecule has 130 valence electrons. The molecule has 0 heterocycles. The van der Waals surface area contributed by atoms with Gasteiger partial charge < -0.3 is 10.2 Å². The third kappa shape index (κ3) is 4.45. The van der Waals surface area contributed by atoms with Gasteiger partial charge in [-0.05, 0) is 23.2 Å². The highest BCUT2D eigenvalue weighted by molar-refractivity contribution is 6.90. The molecule has 2 N–H and O–H groups in total. The summed E-state index contributed by atoms with van der Waals surface area (Å²) in [5.41, 5.74) is 2.47. The van der Waals surface area contributed by atoms with E-state index >= 15 is 0 Å². The molecule has 2 nitrogen and oxygen atoms in total. The van der Waals surface area contributed by atoms with Crippen molar-refractivity contribution in [2.45, 2.75) is 38.3 Å². The van der Waals surface area contributed by atoms with Gasteiger partial charge in [0, 0.05) is 13.2 Å². The van der Waals surface area contributed by atoms with Gasteiger partial charge in [-0.25, -0.2) is 0 Å². The zero-order chi connectivity index (χ0) is 17.8. The van der Waals surface area contributed by atoms with Crippen LogP contribution in [0.15, 0.2) is 48.5 Å². The van der Waals surface area contributed by atoms with Crippen LogP contribution in [0, 0.1) is 0 Å². The number of rotatable bonds is 7. The summed E-state index contributed by atoms with van der Waals surface area (Å²) in [5, 5.41) is 21.3. The molecule has 0 spiro atoms. The van der Waals surface area contributed by atoms with E-state index in [1.54, 1.807) is 0 Å². The molecule has 0 aliphatic carbocycles. The van der Waals surface area contributed by atoms with Crippen LogP contribution in [0.2, 0.25) is 38.3 Å². The number of hydrogen-bond acceptors (Lipinski definition) is 2. The van der Waals surface area contributed by atoms with Gasteiger partial charge in [-0.15, -0.1) is 0 Å². The van der Waals surface area contributed by atoms with Gasteiger partial charge in [0.15, 0.2) is 0 Å². The molecular weight excluding hydrogens is 328 g/mol. The highest BCUT2D eigenvalue weighted by Crippen LogP contribution is 2.20. The Morgan fingerprint density at radius 1 is 0.583 bits per heavy atom. The first-order chi connectivity index (χ1) is 11.3. The minimum atomic E-state index is -1.51. The van der Waals surface area contributed by atoms with Crippen LogP contribution in [0.25, 0.3) is 11.1 Å². The quantitative estimate of drug-likeness (QED) is 0.746. The van der Waals surface area contributed by atoms with Crippen molar-refractivity contribution in [1.29, 1.82) is 0 Å². The predicted octanol–water partition coefficient (Wildman–Crippen LogP) is 3.17. The van der Waals surface area contributed by atoms with Gasteiger partial charge in [0.1, 0.15) is 0 Å². The number of aliphatic hydroxyl groups excluding tert-OH is 2. The first-order valence-corrected chi connectivity index (χ1v) is 15.1. The van der Waals surface area contributed by atoms with E-state index in [-0.39, 0.29) is 13.2 Å².